The predicted octanol–water partition coefficient (Wildman–Crippen LogP) is 3.02. The Kier molecular flexibility index (Phi) is 4.29. The quantitative estimate of drug-likeness (QED) is 0.557. The van der Waals surface area contributed by atoms with Gasteiger partial charge in [-0.25, -0.2) is 10.4 Å². The Morgan fingerprint density at radius 1 is 1.23 bits per heavy atom. The number of aromatic amines is 1. The lowest BCUT2D eigenvalue weighted by molar-refractivity contribution is -0.120. The van der Waals surface area contributed by atoms with Crippen LogP contribution in [-0.4, -0.2) is 22.1 Å². The summed E-state index contributed by atoms with van der Waals surface area (Å²) in [6, 6.07) is 15.3. The molecule has 0 bridgehead atoms. The number of para-hydroxylation sites is 2. The number of amides is 1. The van der Waals surface area contributed by atoms with Gasteiger partial charge in [-0.15, -0.1) is 0 Å². The molecule has 1 amide bonds. The Bertz CT molecular complexity index is 791. The summed E-state index contributed by atoms with van der Waals surface area (Å²) in [4.78, 5) is 19.3. The van der Waals surface area contributed by atoms with Crippen molar-refractivity contribution in [2.45, 2.75) is 6.42 Å². The molecule has 0 fully saturated rings. The molecule has 0 aliphatic heterocycles. The first-order valence-electron chi connectivity index (χ1n) is 6.72. The Balaban J connectivity index is 1.59. The maximum Gasteiger partial charge on any atom is 0.247 e. The van der Waals surface area contributed by atoms with E-state index in [-0.39, 0.29) is 12.3 Å². The molecule has 3 rings (SSSR count). The third-order valence-corrected chi connectivity index (χ3v) is 3.57. The van der Waals surface area contributed by atoms with Crippen molar-refractivity contribution < 1.29 is 4.79 Å². The van der Waals surface area contributed by atoms with Crippen LogP contribution in [0, 0.1) is 0 Å². The fourth-order valence-electron chi connectivity index (χ4n) is 2.01. The molecule has 3 aromatic rings. The van der Waals surface area contributed by atoms with Crippen LogP contribution in [0.15, 0.2) is 58.1 Å². The highest BCUT2D eigenvalue weighted by Gasteiger charge is 2.07. The molecule has 1 heterocycles. The molecule has 2 aromatic carbocycles. The van der Waals surface area contributed by atoms with Crippen molar-refractivity contribution in [2.24, 2.45) is 5.10 Å². The monoisotopic (exact) mass is 356 g/mol. The molecule has 0 aliphatic carbocycles. The van der Waals surface area contributed by atoms with Crippen molar-refractivity contribution in [1.29, 1.82) is 0 Å². The van der Waals surface area contributed by atoms with Crippen LogP contribution in [0.2, 0.25) is 0 Å². The number of rotatable bonds is 4. The number of halogens is 1. The van der Waals surface area contributed by atoms with Gasteiger partial charge in [0.15, 0.2) is 0 Å². The lowest BCUT2D eigenvalue weighted by Crippen LogP contribution is -2.20. The summed E-state index contributed by atoms with van der Waals surface area (Å²) in [5.74, 6) is 0.407. The first-order chi connectivity index (χ1) is 10.7. The normalized spacial score (nSPS) is 11.1. The number of aromatic nitrogens is 2. The van der Waals surface area contributed by atoms with E-state index in [1.807, 2.05) is 48.5 Å². The van der Waals surface area contributed by atoms with Gasteiger partial charge in [0.2, 0.25) is 5.91 Å². The number of fused-ring (bicyclic) bond motifs is 1. The van der Waals surface area contributed by atoms with Gasteiger partial charge in [-0.05, 0) is 29.8 Å². The number of hydrazone groups is 1. The Hall–Kier alpha value is -2.47. The third-order valence-electron chi connectivity index (χ3n) is 3.04. The smallest absolute Gasteiger partial charge is 0.247 e. The molecule has 0 atom stereocenters. The van der Waals surface area contributed by atoms with Crippen molar-refractivity contribution in [1.82, 2.24) is 15.4 Å². The summed E-state index contributed by atoms with van der Waals surface area (Å²) in [5.41, 5.74) is 5.18. The van der Waals surface area contributed by atoms with Gasteiger partial charge in [0.1, 0.15) is 5.82 Å². The topological polar surface area (TPSA) is 70.1 Å². The highest BCUT2D eigenvalue weighted by molar-refractivity contribution is 9.10. The molecule has 0 unspecified atom stereocenters. The first-order valence-corrected chi connectivity index (χ1v) is 7.51. The van der Waals surface area contributed by atoms with Crippen LogP contribution in [0.5, 0.6) is 0 Å². The van der Waals surface area contributed by atoms with Gasteiger partial charge in [0, 0.05) is 4.47 Å². The van der Waals surface area contributed by atoms with Crippen LogP contribution in [0.1, 0.15) is 11.4 Å². The summed E-state index contributed by atoms with van der Waals surface area (Å²) in [6.45, 7) is 0. The maximum absolute atomic E-state index is 11.8. The van der Waals surface area contributed by atoms with E-state index in [0.717, 1.165) is 21.1 Å². The lowest BCUT2D eigenvalue weighted by Gasteiger charge is -1.97. The van der Waals surface area contributed by atoms with Crippen LogP contribution in [0.3, 0.4) is 0 Å². The van der Waals surface area contributed by atoms with E-state index in [2.05, 4.69) is 36.4 Å². The maximum atomic E-state index is 11.8. The molecule has 2 N–H and O–H groups in total. The Morgan fingerprint density at radius 3 is 2.77 bits per heavy atom. The largest absolute Gasteiger partial charge is 0.342 e. The number of benzene rings is 2. The number of imidazole rings is 1. The molecule has 0 saturated carbocycles. The van der Waals surface area contributed by atoms with Crippen LogP contribution in [0.4, 0.5) is 0 Å². The fourth-order valence-corrected chi connectivity index (χ4v) is 2.27. The van der Waals surface area contributed by atoms with Crippen molar-refractivity contribution in [3.63, 3.8) is 0 Å². The van der Waals surface area contributed by atoms with Gasteiger partial charge >= 0.3 is 0 Å². The van der Waals surface area contributed by atoms with E-state index in [1.54, 1.807) is 6.21 Å². The van der Waals surface area contributed by atoms with E-state index in [4.69, 9.17) is 0 Å². The van der Waals surface area contributed by atoms with Crippen molar-refractivity contribution in [2.75, 3.05) is 0 Å². The van der Waals surface area contributed by atoms with Gasteiger partial charge in [0.05, 0.1) is 23.7 Å². The first kappa shape index (κ1) is 14.5. The highest BCUT2D eigenvalue weighted by Crippen LogP contribution is 2.10. The summed E-state index contributed by atoms with van der Waals surface area (Å²) < 4.78 is 0.999. The molecular weight excluding hydrogens is 344 g/mol. The number of hydrogen-bond donors (Lipinski definition) is 2. The zero-order valence-electron chi connectivity index (χ0n) is 11.6. The minimum atomic E-state index is -0.215. The van der Waals surface area contributed by atoms with E-state index in [9.17, 15) is 4.79 Å². The standard InChI is InChI=1S/C16H13BrN4O/c17-12-7-5-11(6-8-12)10-18-21-16(22)9-15-19-13-3-1-2-4-14(13)20-15/h1-8,10H,9H2,(H,19,20)(H,21,22)/b18-10+. The molecule has 0 aliphatic rings. The van der Waals surface area contributed by atoms with Crippen molar-refractivity contribution in [3.8, 4) is 0 Å². The minimum Gasteiger partial charge on any atom is -0.342 e. The zero-order chi connectivity index (χ0) is 15.4. The molecule has 22 heavy (non-hydrogen) atoms. The van der Waals surface area contributed by atoms with Gasteiger partial charge in [-0.1, -0.05) is 40.2 Å². The number of hydrogen-bond acceptors (Lipinski definition) is 3. The van der Waals surface area contributed by atoms with Crippen LogP contribution >= 0.6 is 15.9 Å². The van der Waals surface area contributed by atoms with E-state index in [0.29, 0.717) is 5.82 Å². The average Bonchev–Trinajstić information content (AvgIpc) is 2.91. The lowest BCUT2D eigenvalue weighted by atomic mass is 10.2. The molecule has 0 saturated heterocycles. The number of H-pyrrole nitrogens is 1. The fraction of sp³-hybridized carbons (Fsp3) is 0.0625. The zero-order valence-corrected chi connectivity index (χ0v) is 13.2. The van der Waals surface area contributed by atoms with E-state index >= 15 is 0 Å². The molecule has 110 valence electrons. The molecule has 5 nitrogen and oxygen atoms in total. The molecule has 6 heteroatoms. The summed E-state index contributed by atoms with van der Waals surface area (Å²) in [7, 11) is 0. The highest BCUT2D eigenvalue weighted by atomic mass is 79.9. The van der Waals surface area contributed by atoms with Gasteiger partial charge in [-0.2, -0.15) is 5.10 Å². The number of nitrogens with one attached hydrogen (secondary N) is 2. The summed E-state index contributed by atoms with van der Waals surface area (Å²) >= 11 is 3.36. The predicted molar refractivity (Wildman–Crippen MR) is 89.7 cm³/mol. The molecule has 1 aromatic heterocycles. The van der Waals surface area contributed by atoms with Gasteiger partial charge < -0.3 is 4.98 Å². The number of carbonyl (C=O) groups excluding carboxylic acids is 1. The molecule has 0 spiro atoms. The van der Waals surface area contributed by atoms with Crippen LogP contribution in [-0.2, 0) is 11.2 Å². The summed E-state index contributed by atoms with van der Waals surface area (Å²) in [5, 5.41) is 3.94. The van der Waals surface area contributed by atoms with Gasteiger partial charge in [0.25, 0.3) is 0 Å². The summed E-state index contributed by atoms with van der Waals surface area (Å²) in [6.07, 6.45) is 1.76. The minimum absolute atomic E-state index is 0.159. The van der Waals surface area contributed by atoms with E-state index in [1.165, 1.54) is 0 Å². The second kappa shape index (κ2) is 6.53. The SMILES string of the molecule is O=C(Cc1nc2ccccc2[nH]1)N/N=C/c1ccc(Br)cc1. The Morgan fingerprint density at radius 2 is 2.00 bits per heavy atom. The van der Waals surface area contributed by atoms with Crippen molar-refractivity contribution >= 4 is 39.1 Å². The van der Waals surface area contributed by atoms with Crippen LogP contribution < -0.4 is 5.43 Å². The Labute approximate surface area is 135 Å². The second-order valence-electron chi connectivity index (χ2n) is 4.72. The molecular formula is C16H13BrN4O. The molecule has 0 radical (unpaired) electrons. The third kappa shape index (κ3) is 3.59. The van der Waals surface area contributed by atoms with Crippen molar-refractivity contribution in [3.05, 3.63) is 64.4 Å². The van der Waals surface area contributed by atoms with Gasteiger partial charge in [-0.3, -0.25) is 4.79 Å². The number of nitrogens with zero attached hydrogens (tertiary/aromatic N) is 2. The van der Waals surface area contributed by atoms with Crippen LogP contribution in [0.25, 0.3) is 11.0 Å². The second-order valence-corrected chi connectivity index (χ2v) is 5.64. The van der Waals surface area contributed by atoms with E-state index < -0.39 is 0 Å². The average molecular weight is 357 g/mol. The number of carbonyl (C=O) groups is 1.